The molecule has 2 heterocycles. The fourth-order valence-corrected chi connectivity index (χ4v) is 3.25. The Kier molecular flexibility index (Phi) is 4.55. The minimum Gasteiger partial charge on any atom is -0.496 e. The summed E-state index contributed by atoms with van der Waals surface area (Å²) in [7, 11) is 1.57. The topological polar surface area (TPSA) is 83.0 Å². The van der Waals surface area contributed by atoms with E-state index < -0.39 is 0 Å². The first-order valence-corrected chi connectivity index (χ1v) is 8.62. The summed E-state index contributed by atoms with van der Waals surface area (Å²) in [6.45, 7) is 0.0635. The third-order valence-corrected chi connectivity index (χ3v) is 4.47. The SMILES string of the molecule is COc1ccccc1-c1noc(Cn2cnc3c(Cl)cc(Cl)cc3c2=O)n1. The van der Waals surface area contributed by atoms with Gasteiger partial charge in [0.1, 0.15) is 12.3 Å². The molecule has 2 aromatic carbocycles. The van der Waals surface area contributed by atoms with E-state index in [1.807, 2.05) is 18.2 Å². The molecule has 0 saturated carbocycles. The monoisotopic (exact) mass is 402 g/mol. The average molecular weight is 403 g/mol. The van der Waals surface area contributed by atoms with Crippen molar-refractivity contribution in [2.75, 3.05) is 7.11 Å². The van der Waals surface area contributed by atoms with E-state index >= 15 is 0 Å². The second kappa shape index (κ2) is 7.02. The fraction of sp³-hybridized carbons (Fsp3) is 0.111. The van der Waals surface area contributed by atoms with Gasteiger partial charge in [0.05, 0.1) is 34.9 Å². The van der Waals surface area contributed by atoms with Crippen molar-refractivity contribution in [3.05, 3.63) is 69.0 Å². The van der Waals surface area contributed by atoms with E-state index in [1.165, 1.54) is 17.0 Å². The summed E-state index contributed by atoms with van der Waals surface area (Å²) in [6, 6.07) is 10.4. The van der Waals surface area contributed by atoms with Crippen molar-refractivity contribution in [1.82, 2.24) is 19.7 Å². The highest BCUT2D eigenvalue weighted by molar-refractivity contribution is 6.38. The molecule has 0 N–H and O–H groups in total. The van der Waals surface area contributed by atoms with Crippen LogP contribution in [0.2, 0.25) is 10.0 Å². The van der Waals surface area contributed by atoms with Gasteiger partial charge in [-0.3, -0.25) is 9.36 Å². The van der Waals surface area contributed by atoms with E-state index in [2.05, 4.69) is 15.1 Å². The van der Waals surface area contributed by atoms with Crippen LogP contribution in [0.5, 0.6) is 5.75 Å². The third-order valence-electron chi connectivity index (χ3n) is 3.97. The molecule has 0 aliphatic carbocycles. The largest absolute Gasteiger partial charge is 0.496 e. The highest BCUT2D eigenvalue weighted by atomic mass is 35.5. The molecule has 4 aromatic rings. The summed E-state index contributed by atoms with van der Waals surface area (Å²) in [6.07, 6.45) is 1.39. The predicted molar refractivity (Wildman–Crippen MR) is 101 cm³/mol. The number of halogens is 2. The second-order valence-corrected chi connectivity index (χ2v) is 6.52. The Labute approximate surface area is 163 Å². The van der Waals surface area contributed by atoms with Crippen molar-refractivity contribution in [1.29, 1.82) is 0 Å². The molecule has 0 fully saturated rings. The van der Waals surface area contributed by atoms with Crippen LogP contribution in [0.1, 0.15) is 5.89 Å². The normalized spacial score (nSPS) is 11.1. The van der Waals surface area contributed by atoms with Gasteiger partial charge in [-0.15, -0.1) is 0 Å². The van der Waals surface area contributed by atoms with Crippen LogP contribution in [0.4, 0.5) is 0 Å². The summed E-state index contributed by atoms with van der Waals surface area (Å²) in [5, 5.41) is 4.97. The number of aromatic nitrogens is 4. The van der Waals surface area contributed by atoms with Crippen LogP contribution in [-0.2, 0) is 6.54 Å². The number of nitrogens with zero attached hydrogens (tertiary/aromatic N) is 4. The Balaban J connectivity index is 1.71. The lowest BCUT2D eigenvalue weighted by Gasteiger charge is -2.05. The molecule has 0 amide bonds. The van der Waals surface area contributed by atoms with Crippen molar-refractivity contribution in [3.63, 3.8) is 0 Å². The molecule has 0 radical (unpaired) electrons. The van der Waals surface area contributed by atoms with Crippen LogP contribution in [0.15, 0.2) is 52.0 Å². The van der Waals surface area contributed by atoms with Crippen molar-refractivity contribution in [3.8, 4) is 17.1 Å². The van der Waals surface area contributed by atoms with Crippen molar-refractivity contribution in [2.24, 2.45) is 0 Å². The molecule has 7 nitrogen and oxygen atoms in total. The van der Waals surface area contributed by atoms with E-state index in [9.17, 15) is 4.79 Å². The highest BCUT2D eigenvalue weighted by Gasteiger charge is 2.15. The molecular weight excluding hydrogens is 391 g/mol. The maximum absolute atomic E-state index is 12.7. The summed E-state index contributed by atoms with van der Waals surface area (Å²) >= 11 is 12.1. The zero-order valence-electron chi connectivity index (χ0n) is 14.0. The van der Waals surface area contributed by atoms with Gasteiger partial charge < -0.3 is 9.26 Å². The second-order valence-electron chi connectivity index (χ2n) is 5.67. The van der Waals surface area contributed by atoms with Gasteiger partial charge in [0.15, 0.2) is 0 Å². The van der Waals surface area contributed by atoms with Crippen LogP contribution in [0.3, 0.4) is 0 Å². The summed E-state index contributed by atoms with van der Waals surface area (Å²) < 4.78 is 11.9. The zero-order chi connectivity index (χ0) is 19.0. The van der Waals surface area contributed by atoms with Gasteiger partial charge in [-0.05, 0) is 24.3 Å². The lowest BCUT2D eigenvalue weighted by Crippen LogP contribution is -2.21. The van der Waals surface area contributed by atoms with Gasteiger partial charge in [0.25, 0.3) is 5.56 Å². The number of fused-ring (bicyclic) bond motifs is 1. The Hall–Kier alpha value is -2.90. The maximum Gasteiger partial charge on any atom is 0.261 e. The molecule has 9 heteroatoms. The first kappa shape index (κ1) is 17.5. The number of rotatable bonds is 4. The smallest absolute Gasteiger partial charge is 0.261 e. The number of hydrogen-bond acceptors (Lipinski definition) is 6. The molecule has 0 saturated heterocycles. The third kappa shape index (κ3) is 3.27. The van der Waals surface area contributed by atoms with E-state index in [0.717, 1.165) is 0 Å². The molecule has 27 heavy (non-hydrogen) atoms. The van der Waals surface area contributed by atoms with E-state index in [0.29, 0.717) is 38.1 Å². The van der Waals surface area contributed by atoms with Gasteiger partial charge in [-0.2, -0.15) is 4.98 Å². The standard InChI is InChI=1S/C18H12Cl2N4O3/c1-26-14-5-3-2-4-11(14)17-22-15(27-23-17)8-24-9-21-16-12(18(24)25)6-10(19)7-13(16)20/h2-7,9H,8H2,1H3. The Morgan fingerprint density at radius 1 is 1.22 bits per heavy atom. The predicted octanol–water partition coefficient (Wildman–Crippen LogP) is 3.81. The minimum atomic E-state index is -0.304. The van der Waals surface area contributed by atoms with Gasteiger partial charge in [0.2, 0.25) is 11.7 Å². The fourth-order valence-electron chi connectivity index (χ4n) is 2.71. The summed E-state index contributed by atoms with van der Waals surface area (Å²) in [5.41, 5.74) is 0.779. The quantitative estimate of drug-likeness (QED) is 0.515. The van der Waals surface area contributed by atoms with Crippen molar-refractivity contribution in [2.45, 2.75) is 6.54 Å². The van der Waals surface area contributed by atoms with E-state index in [4.69, 9.17) is 32.5 Å². The number of benzene rings is 2. The molecule has 0 unspecified atom stereocenters. The molecule has 0 spiro atoms. The Bertz CT molecular complexity index is 1200. The lowest BCUT2D eigenvalue weighted by atomic mass is 10.2. The number of hydrogen-bond donors (Lipinski definition) is 0. The molecule has 0 aliphatic heterocycles. The Morgan fingerprint density at radius 2 is 2.04 bits per heavy atom. The van der Waals surface area contributed by atoms with Crippen LogP contribution >= 0.6 is 23.2 Å². The molecule has 0 bridgehead atoms. The molecule has 136 valence electrons. The molecule has 2 aromatic heterocycles. The van der Waals surface area contributed by atoms with Gasteiger partial charge in [-0.25, -0.2) is 4.98 Å². The van der Waals surface area contributed by atoms with Gasteiger partial charge >= 0.3 is 0 Å². The van der Waals surface area contributed by atoms with Crippen LogP contribution in [0, 0.1) is 0 Å². The average Bonchev–Trinajstić information content (AvgIpc) is 3.12. The Morgan fingerprint density at radius 3 is 2.85 bits per heavy atom. The van der Waals surface area contributed by atoms with Crippen LogP contribution in [0.25, 0.3) is 22.3 Å². The maximum atomic E-state index is 12.7. The first-order chi connectivity index (χ1) is 13.1. The minimum absolute atomic E-state index is 0.0635. The summed E-state index contributed by atoms with van der Waals surface area (Å²) in [5.74, 6) is 1.25. The molecule has 0 atom stereocenters. The summed E-state index contributed by atoms with van der Waals surface area (Å²) in [4.78, 5) is 21.3. The zero-order valence-corrected chi connectivity index (χ0v) is 15.5. The van der Waals surface area contributed by atoms with E-state index in [-0.39, 0.29) is 18.0 Å². The van der Waals surface area contributed by atoms with Crippen LogP contribution < -0.4 is 10.3 Å². The lowest BCUT2D eigenvalue weighted by molar-refractivity contribution is 0.369. The molecule has 0 aliphatic rings. The highest BCUT2D eigenvalue weighted by Crippen LogP contribution is 2.27. The van der Waals surface area contributed by atoms with E-state index in [1.54, 1.807) is 19.2 Å². The van der Waals surface area contributed by atoms with Crippen molar-refractivity contribution < 1.29 is 9.26 Å². The molecular formula is C18H12Cl2N4O3. The molecule has 4 rings (SSSR count). The van der Waals surface area contributed by atoms with Gasteiger partial charge in [-0.1, -0.05) is 40.5 Å². The van der Waals surface area contributed by atoms with Gasteiger partial charge in [0, 0.05) is 5.02 Å². The number of ether oxygens (including phenoxy) is 1. The van der Waals surface area contributed by atoms with Crippen LogP contribution in [-0.4, -0.2) is 26.8 Å². The van der Waals surface area contributed by atoms with Crippen molar-refractivity contribution >= 4 is 34.1 Å². The first-order valence-electron chi connectivity index (χ1n) is 7.87. The number of methoxy groups -OCH3 is 1. The number of para-hydroxylation sites is 1.